The van der Waals surface area contributed by atoms with Gasteiger partial charge in [-0.3, -0.25) is 9.78 Å². The number of carbonyl (C=O) groups is 1. The van der Waals surface area contributed by atoms with Gasteiger partial charge >= 0.3 is 0 Å². The van der Waals surface area contributed by atoms with E-state index in [0.717, 1.165) is 0 Å². The molecule has 0 saturated carbocycles. The minimum Gasteiger partial charge on any atom is -0.340 e. The summed E-state index contributed by atoms with van der Waals surface area (Å²) in [7, 11) is 1.71. The van der Waals surface area contributed by atoms with E-state index in [9.17, 15) is 4.79 Å². The van der Waals surface area contributed by atoms with Crippen molar-refractivity contribution in [3.63, 3.8) is 0 Å². The summed E-state index contributed by atoms with van der Waals surface area (Å²) < 4.78 is 1.62. The van der Waals surface area contributed by atoms with Gasteiger partial charge in [-0.1, -0.05) is 0 Å². The second-order valence-corrected chi connectivity index (χ2v) is 3.76. The molecule has 2 heterocycles. The lowest BCUT2D eigenvalue weighted by molar-refractivity contribution is 0.0805. The molecule has 0 aliphatic rings. The van der Waals surface area contributed by atoms with E-state index in [2.05, 4.69) is 10.1 Å². The third-order valence-corrected chi connectivity index (χ3v) is 2.49. The fraction of sp³-hybridized carbons (Fsp3) is 0.300. The first kappa shape index (κ1) is 10.9. The van der Waals surface area contributed by atoms with Crippen molar-refractivity contribution in [3.05, 3.63) is 30.4 Å². The molecule has 0 spiro atoms. The normalized spacial score (nSPS) is 10.6. The van der Waals surface area contributed by atoms with E-state index in [4.69, 9.17) is 11.6 Å². The molecule has 0 fully saturated rings. The summed E-state index contributed by atoms with van der Waals surface area (Å²) in [6.45, 7) is 0.512. The molecule has 2 rings (SSSR count). The van der Waals surface area contributed by atoms with E-state index in [-0.39, 0.29) is 5.91 Å². The van der Waals surface area contributed by atoms with Crippen LogP contribution in [-0.4, -0.2) is 44.9 Å². The van der Waals surface area contributed by atoms with Gasteiger partial charge in [0.1, 0.15) is 0 Å². The summed E-state index contributed by atoms with van der Waals surface area (Å²) in [6, 6.07) is 0. The van der Waals surface area contributed by atoms with Gasteiger partial charge in [0.15, 0.2) is 0 Å². The second kappa shape index (κ2) is 4.49. The molecule has 1 amide bonds. The van der Waals surface area contributed by atoms with Crippen molar-refractivity contribution in [1.82, 2.24) is 19.5 Å². The molecule has 0 aliphatic carbocycles. The van der Waals surface area contributed by atoms with Crippen LogP contribution in [-0.2, 0) is 0 Å². The van der Waals surface area contributed by atoms with Crippen LogP contribution in [0.4, 0.5) is 0 Å². The van der Waals surface area contributed by atoms with Crippen LogP contribution in [0.3, 0.4) is 0 Å². The molecule has 6 heteroatoms. The highest BCUT2D eigenvalue weighted by Crippen LogP contribution is 2.10. The fourth-order valence-corrected chi connectivity index (χ4v) is 1.69. The topological polar surface area (TPSA) is 50.5 Å². The molecule has 5 nitrogen and oxygen atoms in total. The minimum atomic E-state index is -0.0938. The molecular formula is C10H11ClN4O. The van der Waals surface area contributed by atoms with E-state index >= 15 is 0 Å². The second-order valence-electron chi connectivity index (χ2n) is 3.38. The van der Waals surface area contributed by atoms with Crippen molar-refractivity contribution in [2.24, 2.45) is 0 Å². The number of aromatic nitrogens is 3. The van der Waals surface area contributed by atoms with Gasteiger partial charge < -0.3 is 4.90 Å². The molecule has 0 bridgehead atoms. The van der Waals surface area contributed by atoms with Crippen molar-refractivity contribution in [1.29, 1.82) is 0 Å². The third-order valence-electron chi connectivity index (χ3n) is 2.32. The fourth-order valence-electron chi connectivity index (χ4n) is 1.43. The number of alkyl halides is 1. The Kier molecular flexibility index (Phi) is 3.05. The first-order valence-corrected chi connectivity index (χ1v) is 5.36. The highest BCUT2D eigenvalue weighted by molar-refractivity contribution is 6.18. The van der Waals surface area contributed by atoms with Crippen LogP contribution in [0.15, 0.2) is 24.8 Å². The monoisotopic (exact) mass is 238 g/mol. The molecule has 0 saturated heterocycles. The van der Waals surface area contributed by atoms with E-state index in [1.54, 1.807) is 41.3 Å². The zero-order valence-electron chi connectivity index (χ0n) is 8.80. The number of hydrogen-bond acceptors (Lipinski definition) is 3. The van der Waals surface area contributed by atoms with Crippen LogP contribution in [0.1, 0.15) is 10.4 Å². The maximum absolute atomic E-state index is 12.0. The van der Waals surface area contributed by atoms with Crippen LogP contribution >= 0.6 is 11.6 Å². The van der Waals surface area contributed by atoms with Crippen molar-refractivity contribution in [2.75, 3.05) is 19.5 Å². The predicted octanol–water partition coefficient (Wildman–Crippen LogP) is 1.04. The summed E-state index contributed by atoms with van der Waals surface area (Å²) >= 11 is 5.59. The number of fused-ring (bicyclic) bond motifs is 1. The van der Waals surface area contributed by atoms with E-state index in [1.165, 1.54) is 0 Å². The van der Waals surface area contributed by atoms with Crippen LogP contribution in [0.5, 0.6) is 0 Å². The minimum absolute atomic E-state index is 0.0938. The Bertz CT molecular complexity index is 510. The Balaban J connectivity index is 2.36. The van der Waals surface area contributed by atoms with Gasteiger partial charge in [0.2, 0.25) is 0 Å². The van der Waals surface area contributed by atoms with Crippen molar-refractivity contribution < 1.29 is 4.79 Å². The highest BCUT2D eigenvalue weighted by atomic mass is 35.5. The van der Waals surface area contributed by atoms with E-state index in [1.807, 2.05) is 0 Å². The lowest BCUT2D eigenvalue weighted by Crippen LogP contribution is -2.28. The molecule has 0 atom stereocenters. The maximum Gasteiger partial charge on any atom is 0.257 e. The summed E-state index contributed by atoms with van der Waals surface area (Å²) in [5, 5.41) is 4.08. The Morgan fingerprint density at radius 3 is 3.12 bits per heavy atom. The zero-order valence-corrected chi connectivity index (χ0v) is 9.55. The average Bonchev–Trinajstić information content (AvgIpc) is 2.72. The number of rotatable bonds is 3. The lowest BCUT2D eigenvalue weighted by Gasteiger charge is -2.14. The predicted molar refractivity (Wildman–Crippen MR) is 60.7 cm³/mol. The smallest absolute Gasteiger partial charge is 0.257 e. The van der Waals surface area contributed by atoms with E-state index in [0.29, 0.717) is 23.5 Å². The first-order chi connectivity index (χ1) is 7.74. The molecule has 0 N–H and O–H groups in total. The molecule has 16 heavy (non-hydrogen) atoms. The van der Waals surface area contributed by atoms with Gasteiger partial charge in [0, 0.05) is 31.9 Å². The molecule has 0 radical (unpaired) electrons. The van der Waals surface area contributed by atoms with Crippen molar-refractivity contribution in [3.8, 4) is 0 Å². The van der Waals surface area contributed by atoms with Crippen molar-refractivity contribution in [2.45, 2.75) is 0 Å². The number of hydrogen-bond donors (Lipinski definition) is 0. The Labute approximate surface area is 97.6 Å². The molecule has 84 valence electrons. The summed E-state index contributed by atoms with van der Waals surface area (Å²) in [6.07, 6.45) is 6.49. The summed E-state index contributed by atoms with van der Waals surface area (Å²) in [4.78, 5) is 17.5. The van der Waals surface area contributed by atoms with Gasteiger partial charge in [-0.2, -0.15) is 5.10 Å². The largest absolute Gasteiger partial charge is 0.340 e. The third kappa shape index (κ3) is 1.86. The summed E-state index contributed by atoms with van der Waals surface area (Å²) in [5.41, 5.74) is 1.25. The Hall–Kier alpha value is -1.62. The molecular weight excluding hydrogens is 228 g/mol. The summed E-state index contributed by atoms with van der Waals surface area (Å²) in [5.74, 6) is 0.323. The van der Waals surface area contributed by atoms with Crippen LogP contribution in [0, 0.1) is 0 Å². The van der Waals surface area contributed by atoms with Crippen molar-refractivity contribution >= 4 is 23.0 Å². The molecule has 2 aromatic heterocycles. The molecule has 0 unspecified atom stereocenters. The van der Waals surface area contributed by atoms with Gasteiger partial charge in [-0.25, -0.2) is 4.52 Å². The van der Waals surface area contributed by atoms with Gasteiger partial charge in [0.25, 0.3) is 5.91 Å². The molecule has 0 aromatic carbocycles. The average molecular weight is 239 g/mol. The van der Waals surface area contributed by atoms with E-state index < -0.39 is 0 Å². The lowest BCUT2D eigenvalue weighted by atomic mass is 10.2. The number of halogens is 1. The first-order valence-electron chi connectivity index (χ1n) is 4.83. The maximum atomic E-state index is 12.0. The molecule has 0 aliphatic heterocycles. The standard InChI is InChI=1S/C10H11ClN4O/c1-14(4-2-11)10(16)8-6-13-15-5-3-12-7-9(8)15/h3,5-7H,2,4H2,1H3. The van der Waals surface area contributed by atoms with Gasteiger partial charge in [-0.15, -0.1) is 11.6 Å². The van der Waals surface area contributed by atoms with Gasteiger partial charge in [-0.05, 0) is 0 Å². The molecule has 2 aromatic rings. The zero-order chi connectivity index (χ0) is 11.5. The number of nitrogens with zero attached hydrogens (tertiary/aromatic N) is 4. The Morgan fingerprint density at radius 2 is 2.38 bits per heavy atom. The quantitative estimate of drug-likeness (QED) is 0.751. The van der Waals surface area contributed by atoms with Crippen LogP contribution < -0.4 is 0 Å². The number of amides is 1. The van der Waals surface area contributed by atoms with Crippen LogP contribution in [0.2, 0.25) is 0 Å². The van der Waals surface area contributed by atoms with Crippen LogP contribution in [0.25, 0.3) is 5.52 Å². The van der Waals surface area contributed by atoms with Gasteiger partial charge in [0.05, 0.1) is 23.5 Å². The highest BCUT2D eigenvalue weighted by Gasteiger charge is 2.16. The number of carbonyl (C=O) groups excluding carboxylic acids is 1. The Morgan fingerprint density at radius 1 is 1.56 bits per heavy atom. The SMILES string of the molecule is CN(CCCl)C(=O)c1cnn2ccncc12.